The van der Waals surface area contributed by atoms with Gasteiger partial charge in [0, 0.05) is 12.1 Å². The molecule has 1 fully saturated rings. The zero-order valence-electron chi connectivity index (χ0n) is 18.0. The van der Waals surface area contributed by atoms with E-state index < -0.39 is 29.1 Å². The Bertz CT molecular complexity index is 1330. The molecule has 0 N–H and O–H groups in total. The second-order valence-corrected chi connectivity index (χ2v) is 8.26. The summed E-state index contributed by atoms with van der Waals surface area (Å²) in [6.45, 7) is 0.493. The van der Waals surface area contributed by atoms with E-state index in [4.69, 9.17) is 0 Å². The van der Waals surface area contributed by atoms with E-state index in [9.17, 15) is 22.4 Å². The number of benzene rings is 2. The van der Waals surface area contributed by atoms with Crippen LogP contribution in [0.1, 0.15) is 46.9 Å². The number of fused-ring (bicyclic) bond motifs is 1. The monoisotopic (exact) mass is 468 g/mol. The van der Waals surface area contributed by atoms with E-state index in [0.717, 1.165) is 47.5 Å². The van der Waals surface area contributed by atoms with Crippen LogP contribution in [-0.4, -0.2) is 31.9 Å². The minimum atomic E-state index is -4.72. The number of imidazole rings is 1. The molecule has 4 aromatic rings. The molecule has 1 unspecified atom stereocenters. The molecule has 3 heterocycles. The first kappa shape index (κ1) is 22.1. The summed E-state index contributed by atoms with van der Waals surface area (Å²) in [5, 5.41) is 4.24. The molecule has 1 amide bonds. The largest absolute Gasteiger partial charge is 0.420 e. The van der Waals surface area contributed by atoms with E-state index in [1.165, 1.54) is 18.3 Å². The van der Waals surface area contributed by atoms with Crippen molar-refractivity contribution in [3.63, 3.8) is 0 Å². The predicted octanol–water partition coefficient (Wildman–Crippen LogP) is 5.92. The number of hydrogen-bond donors (Lipinski definition) is 0. The van der Waals surface area contributed by atoms with Crippen molar-refractivity contribution in [2.24, 2.45) is 0 Å². The molecule has 5 nitrogen and oxygen atoms in total. The summed E-state index contributed by atoms with van der Waals surface area (Å²) in [4.78, 5) is 19.1. The topological polar surface area (TPSA) is 50.5 Å². The molecular weight excluding hydrogens is 448 g/mol. The lowest BCUT2D eigenvalue weighted by Gasteiger charge is -2.35. The maximum Gasteiger partial charge on any atom is 0.420 e. The number of halogens is 4. The number of carbonyl (C=O) groups is 1. The molecule has 0 bridgehead atoms. The average molecular weight is 468 g/mol. The zero-order chi connectivity index (χ0) is 23.9. The maximum atomic E-state index is 13.9. The van der Waals surface area contributed by atoms with Crippen LogP contribution in [0.15, 0.2) is 66.9 Å². The molecule has 0 aliphatic carbocycles. The first-order valence-corrected chi connectivity index (χ1v) is 10.9. The van der Waals surface area contributed by atoms with Crippen molar-refractivity contribution in [3.8, 4) is 11.3 Å². The van der Waals surface area contributed by atoms with Crippen LogP contribution in [0.25, 0.3) is 16.9 Å². The Morgan fingerprint density at radius 1 is 1.00 bits per heavy atom. The first-order valence-electron chi connectivity index (χ1n) is 10.9. The Balaban J connectivity index is 1.57. The Hall–Kier alpha value is -3.75. The van der Waals surface area contributed by atoms with Gasteiger partial charge in [0.2, 0.25) is 0 Å². The molecule has 1 atom stereocenters. The van der Waals surface area contributed by atoms with Crippen LogP contribution < -0.4 is 0 Å². The molecule has 2 aromatic heterocycles. The van der Waals surface area contributed by atoms with Crippen LogP contribution in [0.3, 0.4) is 0 Å². The lowest BCUT2D eigenvalue weighted by Crippen LogP contribution is -2.38. The third kappa shape index (κ3) is 4.13. The van der Waals surface area contributed by atoms with Gasteiger partial charge < -0.3 is 4.90 Å². The molecule has 1 aliphatic rings. The van der Waals surface area contributed by atoms with Crippen molar-refractivity contribution >= 4 is 11.6 Å². The van der Waals surface area contributed by atoms with Crippen molar-refractivity contribution in [2.75, 3.05) is 6.54 Å². The van der Waals surface area contributed by atoms with Crippen LogP contribution in [-0.2, 0) is 6.18 Å². The Morgan fingerprint density at radius 3 is 2.44 bits per heavy atom. The van der Waals surface area contributed by atoms with Crippen molar-refractivity contribution in [1.29, 1.82) is 0 Å². The van der Waals surface area contributed by atoms with E-state index in [2.05, 4.69) is 10.1 Å². The van der Waals surface area contributed by atoms with Gasteiger partial charge in [0.1, 0.15) is 17.1 Å². The SMILES string of the molecule is O=C(c1cn2nc(-c3ccc(F)cc3)cc(C(F)(F)F)c2n1)N1CCCCC1c1ccccc1. The molecule has 174 valence electrons. The predicted molar refractivity (Wildman–Crippen MR) is 117 cm³/mol. The van der Waals surface area contributed by atoms with E-state index in [-0.39, 0.29) is 17.4 Å². The number of nitrogens with zero attached hydrogens (tertiary/aromatic N) is 4. The molecule has 0 saturated carbocycles. The van der Waals surface area contributed by atoms with E-state index in [1.807, 2.05) is 30.3 Å². The van der Waals surface area contributed by atoms with Crippen molar-refractivity contribution < 1.29 is 22.4 Å². The van der Waals surface area contributed by atoms with Crippen LogP contribution >= 0.6 is 0 Å². The molecule has 34 heavy (non-hydrogen) atoms. The summed E-state index contributed by atoms with van der Waals surface area (Å²) < 4.78 is 55.9. The fraction of sp³-hybridized carbons (Fsp3) is 0.240. The number of hydrogen-bond acceptors (Lipinski definition) is 3. The molecular formula is C25H20F4N4O. The van der Waals surface area contributed by atoms with Crippen LogP contribution in [0, 0.1) is 5.82 Å². The summed E-state index contributed by atoms with van der Waals surface area (Å²) in [5.41, 5.74) is -0.273. The number of likely N-dealkylation sites (tertiary alicyclic amines) is 1. The number of carbonyl (C=O) groups excluding carboxylic acids is 1. The van der Waals surface area contributed by atoms with Gasteiger partial charge in [0.25, 0.3) is 5.91 Å². The van der Waals surface area contributed by atoms with Gasteiger partial charge in [-0.3, -0.25) is 4.79 Å². The standard InChI is InChI=1S/C25H20F4N4O/c26-18-11-9-16(10-12-18)20-14-19(25(27,28)29)23-30-21(15-33(23)31-20)24(34)32-13-5-4-8-22(32)17-6-2-1-3-7-17/h1-3,6-7,9-12,14-15,22H,4-5,8,13H2. The second kappa shape index (κ2) is 8.55. The molecule has 2 aromatic carbocycles. The Kier molecular flexibility index (Phi) is 5.55. The maximum absolute atomic E-state index is 13.9. The summed E-state index contributed by atoms with van der Waals surface area (Å²) >= 11 is 0. The molecule has 9 heteroatoms. The summed E-state index contributed by atoms with van der Waals surface area (Å²) in [6, 6.07) is 15.3. The molecule has 0 radical (unpaired) electrons. The van der Waals surface area contributed by atoms with Gasteiger partial charge in [0.15, 0.2) is 5.65 Å². The molecule has 1 saturated heterocycles. The van der Waals surface area contributed by atoms with Gasteiger partial charge in [-0.15, -0.1) is 0 Å². The quantitative estimate of drug-likeness (QED) is 0.351. The zero-order valence-corrected chi connectivity index (χ0v) is 18.0. The lowest BCUT2D eigenvalue weighted by molar-refractivity contribution is -0.136. The van der Waals surface area contributed by atoms with Crippen molar-refractivity contribution in [1.82, 2.24) is 19.5 Å². The Morgan fingerprint density at radius 2 is 1.74 bits per heavy atom. The van der Waals surface area contributed by atoms with Crippen molar-refractivity contribution in [3.05, 3.63) is 89.5 Å². The number of rotatable bonds is 3. The number of aromatic nitrogens is 3. The Labute approximate surface area is 192 Å². The van der Waals surface area contributed by atoms with Gasteiger partial charge in [0.05, 0.1) is 17.9 Å². The van der Waals surface area contributed by atoms with E-state index >= 15 is 0 Å². The minimum Gasteiger partial charge on any atom is -0.330 e. The minimum absolute atomic E-state index is 0.00337. The van der Waals surface area contributed by atoms with Gasteiger partial charge in [-0.1, -0.05) is 30.3 Å². The smallest absolute Gasteiger partial charge is 0.330 e. The van der Waals surface area contributed by atoms with Gasteiger partial charge >= 0.3 is 6.18 Å². The molecule has 0 spiro atoms. The highest BCUT2D eigenvalue weighted by Crippen LogP contribution is 2.35. The number of alkyl halides is 3. The van der Waals surface area contributed by atoms with Crippen LogP contribution in [0.2, 0.25) is 0 Å². The number of amides is 1. The van der Waals surface area contributed by atoms with Crippen molar-refractivity contribution in [2.45, 2.75) is 31.5 Å². The van der Waals surface area contributed by atoms with Gasteiger partial charge in [-0.25, -0.2) is 13.9 Å². The second-order valence-electron chi connectivity index (χ2n) is 8.26. The summed E-state index contributed by atoms with van der Waals surface area (Å²) in [7, 11) is 0. The van der Waals surface area contributed by atoms with E-state index in [0.29, 0.717) is 12.1 Å². The highest BCUT2D eigenvalue weighted by Gasteiger charge is 2.36. The summed E-state index contributed by atoms with van der Waals surface area (Å²) in [6.07, 6.45) is -0.957. The van der Waals surface area contributed by atoms with E-state index in [1.54, 1.807) is 4.90 Å². The molecule has 1 aliphatic heterocycles. The first-order chi connectivity index (χ1) is 16.3. The lowest BCUT2D eigenvalue weighted by atomic mass is 9.95. The average Bonchev–Trinajstić information content (AvgIpc) is 3.27. The normalized spacial score (nSPS) is 16.7. The number of piperidine rings is 1. The van der Waals surface area contributed by atoms with Crippen LogP contribution in [0.4, 0.5) is 17.6 Å². The fourth-order valence-corrected chi connectivity index (χ4v) is 4.39. The van der Waals surface area contributed by atoms with Crippen LogP contribution in [0.5, 0.6) is 0 Å². The molecule has 5 rings (SSSR count). The fourth-order valence-electron chi connectivity index (χ4n) is 4.39. The van der Waals surface area contributed by atoms with Gasteiger partial charge in [-0.05, 0) is 55.2 Å². The van der Waals surface area contributed by atoms with Gasteiger partial charge in [-0.2, -0.15) is 18.3 Å². The highest BCUT2D eigenvalue weighted by atomic mass is 19.4. The third-order valence-corrected chi connectivity index (χ3v) is 6.04. The summed E-state index contributed by atoms with van der Waals surface area (Å²) in [5.74, 6) is -0.943. The third-order valence-electron chi connectivity index (χ3n) is 6.04. The highest BCUT2D eigenvalue weighted by molar-refractivity contribution is 5.93.